The minimum Gasteiger partial charge on any atom is -0.463 e. The maximum Gasteiger partial charge on any atom is 0.344 e. The van der Waals surface area contributed by atoms with E-state index in [0.29, 0.717) is 11.6 Å². The summed E-state index contributed by atoms with van der Waals surface area (Å²) >= 11 is 0. The van der Waals surface area contributed by atoms with Gasteiger partial charge in [-0.25, -0.2) is 4.79 Å². The molecule has 0 bridgehead atoms. The van der Waals surface area contributed by atoms with Crippen molar-refractivity contribution in [1.82, 2.24) is 15.3 Å². The summed E-state index contributed by atoms with van der Waals surface area (Å²) in [7, 11) is 0. The molecule has 8 nitrogen and oxygen atoms in total. The molecule has 2 aromatic heterocycles. The quantitative estimate of drug-likeness (QED) is 0.604. The predicted molar refractivity (Wildman–Crippen MR) is 85.6 cm³/mol. The molecule has 0 aliphatic rings. The van der Waals surface area contributed by atoms with E-state index in [0.717, 1.165) is 12.0 Å². The van der Waals surface area contributed by atoms with Crippen molar-refractivity contribution in [3.05, 3.63) is 47.5 Å². The van der Waals surface area contributed by atoms with Crippen LogP contribution in [-0.2, 0) is 22.6 Å². The second kappa shape index (κ2) is 7.61. The fourth-order valence-electron chi connectivity index (χ4n) is 2.05. The lowest BCUT2D eigenvalue weighted by Crippen LogP contribution is -2.14. The van der Waals surface area contributed by atoms with Crippen LogP contribution in [-0.4, -0.2) is 27.9 Å². The first-order valence-electron chi connectivity index (χ1n) is 7.77. The van der Waals surface area contributed by atoms with E-state index in [-0.39, 0.29) is 25.0 Å². The van der Waals surface area contributed by atoms with Gasteiger partial charge in [0.15, 0.2) is 13.2 Å². The molecule has 0 atom stereocenters. The van der Waals surface area contributed by atoms with Crippen LogP contribution in [0.4, 0.5) is 0 Å². The van der Waals surface area contributed by atoms with E-state index in [9.17, 15) is 4.79 Å². The molecule has 0 saturated heterocycles. The molecular formula is C17H17N3O5. The molecule has 0 aliphatic carbocycles. The van der Waals surface area contributed by atoms with E-state index >= 15 is 0 Å². The highest BCUT2D eigenvalue weighted by atomic mass is 16.6. The highest BCUT2D eigenvalue weighted by Crippen LogP contribution is 2.17. The van der Waals surface area contributed by atoms with Crippen LogP contribution in [0.1, 0.15) is 24.1 Å². The number of benzene rings is 1. The predicted octanol–water partition coefficient (Wildman–Crippen LogP) is 2.72. The van der Waals surface area contributed by atoms with Crippen LogP contribution >= 0.6 is 0 Å². The van der Waals surface area contributed by atoms with Crippen molar-refractivity contribution in [2.75, 3.05) is 6.61 Å². The number of aryl methyl sites for hydroxylation is 2. The van der Waals surface area contributed by atoms with Gasteiger partial charge < -0.3 is 18.5 Å². The second-order valence-electron chi connectivity index (χ2n) is 5.29. The molecule has 3 aromatic rings. The van der Waals surface area contributed by atoms with E-state index < -0.39 is 5.97 Å². The van der Waals surface area contributed by atoms with E-state index in [2.05, 4.69) is 22.2 Å². The minimum absolute atomic E-state index is 0.125. The summed E-state index contributed by atoms with van der Waals surface area (Å²) in [6, 6.07) is 9.44. The number of rotatable bonds is 7. The molecule has 0 radical (unpaired) electrons. The lowest BCUT2D eigenvalue weighted by atomic mass is 10.1. The maximum absolute atomic E-state index is 11.6. The zero-order valence-electron chi connectivity index (χ0n) is 13.9. The first kappa shape index (κ1) is 16.7. The van der Waals surface area contributed by atoms with Gasteiger partial charge in [-0.1, -0.05) is 36.3 Å². The highest BCUT2D eigenvalue weighted by molar-refractivity contribution is 5.71. The third-order valence-corrected chi connectivity index (χ3v) is 3.39. The molecule has 2 heterocycles. The zero-order valence-corrected chi connectivity index (χ0v) is 13.9. The number of esters is 1. The monoisotopic (exact) mass is 343 g/mol. The molecule has 0 spiro atoms. The van der Waals surface area contributed by atoms with E-state index in [4.69, 9.17) is 18.5 Å². The number of hydrogen-bond acceptors (Lipinski definition) is 8. The van der Waals surface area contributed by atoms with Gasteiger partial charge in [0.1, 0.15) is 5.76 Å². The Kier molecular flexibility index (Phi) is 5.08. The van der Waals surface area contributed by atoms with Crippen molar-refractivity contribution < 1.29 is 23.3 Å². The van der Waals surface area contributed by atoms with Gasteiger partial charge in [-0.05, 0) is 24.1 Å². The third kappa shape index (κ3) is 4.43. The molecule has 0 amide bonds. The third-order valence-electron chi connectivity index (χ3n) is 3.39. The van der Waals surface area contributed by atoms with Gasteiger partial charge in [0.25, 0.3) is 11.8 Å². The van der Waals surface area contributed by atoms with Crippen molar-refractivity contribution in [3.8, 4) is 17.3 Å². The van der Waals surface area contributed by atoms with E-state index in [1.165, 1.54) is 5.56 Å². The molecule has 0 fully saturated rings. The zero-order chi connectivity index (χ0) is 17.6. The smallest absolute Gasteiger partial charge is 0.344 e. The Morgan fingerprint density at radius 2 is 1.96 bits per heavy atom. The molecule has 0 N–H and O–H groups in total. The molecule has 130 valence electrons. The van der Waals surface area contributed by atoms with Crippen LogP contribution in [0.15, 0.2) is 39.4 Å². The van der Waals surface area contributed by atoms with Gasteiger partial charge in [-0.2, -0.15) is 4.98 Å². The summed E-state index contributed by atoms with van der Waals surface area (Å²) in [5, 5.41) is 7.49. The largest absolute Gasteiger partial charge is 0.463 e. The van der Waals surface area contributed by atoms with Gasteiger partial charge in [0, 0.05) is 11.6 Å². The van der Waals surface area contributed by atoms with Crippen molar-refractivity contribution in [2.45, 2.75) is 26.9 Å². The Labute approximate surface area is 143 Å². The molecule has 0 aliphatic heterocycles. The summed E-state index contributed by atoms with van der Waals surface area (Å²) in [5.41, 5.74) is 2.06. The highest BCUT2D eigenvalue weighted by Gasteiger charge is 2.12. The van der Waals surface area contributed by atoms with Crippen LogP contribution in [0, 0.1) is 6.92 Å². The Morgan fingerprint density at radius 3 is 2.64 bits per heavy atom. The number of aromatic nitrogens is 3. The van der Waals surface area contributed by atoms with Crippen molar-refractivity contribution in [2.24, 2.45) is 0 Å². The first-order chi connectivity index (χ1) is 12.1. The molecule has 3 rings (SSSR count). The topological polar surface area (TPSA) is 100 Å². The van der Waals surface area contributed by atoms with Crippen LogP contribution in [0.25, 0.3) is 11.4 Å². The number of carbonyl (C=O) groups is 1. The molecule has 0 saturated carbocycles. The van der Waals surface area contributed by atoms with E-state index in [1.54, 1.807) is 13.0 Å². The van der Waals surface area contributed by atoms with Crippen molar-refractivity contribution in [1.29, 1.82) is 0 Å². The fourth-order valence-corrected chi connectivity index (χ4v) is 2.05. The van der Waals surface area contributed by atoms with Crippen molar-refractivity contribution in [3.63, 3.8) is 0 Å². The summed E-state index contributed by atoms with van der Waals surface area (Å²) in [6.45, 7) is 3.40. The number of carbonyl (C=O) groups excluding carboxylic acids is 1. The summed E-state index contributed by atoms with van der Waals surface area (Å²) in [5.74, 6) is 0.898. The fraction of sp³-hybridized carbons (Fsp3) is 0.294. The standard InChI is InChI=1S/C17H17N3O5/c1-3-12-4-6-13(7-5-12)17-18-15(25-20-17)9-23-16(21)10-22-14-8-11(2)24-19-14/h4-8H,3,9-10H2,1-2H3. The molecule has 1 aromatic carbocycles. The normalized spacial score (nSPS) is 10.6. The Bertz CT molecular complexity index is 838. The lowest BCUT2D eigenvalue weighted by Gasteiger charge is -2.01. The molecular weight excluding hydrogens is 326 g/mol. The SMILES string of the molecule is CCc1ccc(-c2noc(COC(=O)COc3cc(C)on3)n2)cc1. The van der Waals surface area contributed by atoms with E-state index in [1.807, 2.05) is 24.3 Å². The average molecular weight is 343 g/mol. The Hall–Kier alpha value is -3.16. The van der Waals surface area contributed by atoms with Gasteiger partial charge >= 0.3 is 5.97 Å². The molecule has 25 heavy (non-hydrogen) atoms. The lowest BCUT2D eigenvalue weighted by molar-refractivity contribution is -0.148. The Morgan fingerprint density at radius 1 is 1.16 bits per heavy atom. The average Bonchev–Trinajstić information content (AvgIpc) is 3.27. The summed E-state index contributed by atoms with van der Waals surface area (Å²) < 4.78 is 20.1. The maximum atomic E-state index is 11.6. The van der Waals surface area contributed by atoms with Crippen LogP contribution in [0.3, 0.4) is 0 Å². The van der Waals surface area contributed by atoms with Gasteiger partial charge in [-0.3, -0.25) is 0 Å². The van der Waals surface area contributed by atoms with Gasteiger partial charge in [0.2, 0.25) is 5.82 Å². The first-order valence-corrected chi connectivity index (χ1v) is 7.77. The summed E-state index contributed by atoms with van der Waals surface area (Å²) in [6.07, 6.45) is 0.962. The number of hydrogen-bond donors (Lipinski definition) is 0. The Balaban J connectivity index is 1.50. The number of ether oxygens (including phenoxy) is 2. The van der Waals surface area contributed by atoms with Crippen LogP contribution in [0.2, 0.25) is 0 Å². The van der Waals surface area contributed by atoms with Crippen LogP contribution < -0.4 is 4.74 Å². The van der Waals surface area contributed by atoms with Gasteiger partial charge in [0.05, 0.1) is 0 Å². The van der Waals surface area contributed by atoms with Gasteiger partial charge in [-0.15, -0.1) is 0 Å². The van der Waals surface area contributed by atoms with Crippen LogP contribution in [0.5, 0.6) is 5.88 Å². The number of nitrogens with zero attached hydrogens (tertiary/aromatic N) is 3. The second-order valence-corrected chi connectivity index (χ2v) is 5.29. The molecule has 8 heteroatoms. The summed E-state index contributed by atoms with van der Waals surface area (Å²) in [4.78, 5) is 15.9. The van der Waals surface area contributed by atoms with Crippen molar-refractivity contribution >= 4 is 5.97 Å². The molecule has 0 unspecified atom stereocenters. The minimum atomic E-state index is -0.576.